The van der Waals surface area contributed by atoms with Gasteiger partial charge in [-0.1, -0.05) is 26.5 Å². The lowest BCUT2D eigenvalue weighted by Gasteiger charge is -2.00. The molecule has 86 valence electrons. The zero-order chi connectivity index (χ0) is 12.0. The summed E-state index contributed by atoms with van der Waals surface area (Å²) >= 11 is 0. The highest BCUT2D eigenvalue weighted by molar-refractivity contribution is 5.74. The molecule has 0 atom stereocenters. The molecular weight excluding hydrogens is 202 g/mol. The van der Waals surface area contributed by atoms with E-state index >= 15 is 0 Å². The number of hydrogen-bond acceptors (Lipinski definition) is 3. The van der Waals surface area contributed by atoms with Crippen LogP contribution in [-0.2, 0) is 0 Å². The summed E-state index contributed by atoms with van der Waals surface area (Å²) in [7, 11) is 0. The van der Waals surface area contributed by atoms with Crippen LogP contribution < -0.4 is 4.74 Å². The normalized spacial score (nSPS) is 9.44. The Morgan fingerprint density at radius 1 is 1.44 bits per heavy atom. The first-order valence-corrected chi connectivity index (χ1v) is 5.40. The monoisotopic (exact) mass is 219 g/mol. The number of nitrogens with zero attached hydrogens (tertiary/aromatic N) is 1. The number of aryl methyl sites for hydroxylation is 1. The van der Waals surface area contributed by atoms with Crippen LogP contribution in [0.25, 0.3) is 11.1 Å². The standard InChI is InChI=1S/C11H11NO2.C2H6/c1-3-6-13-9-4-5-11-10(7-9)12-8(2)14-11;1-2/h3-5,7H,1,6H2,2H3;1-2H3. The molecule has 1 heterocycles. The van der Waals surface area contributed by atoms with Crippen molar-refractivity contribution in [2.75, 3.05) is 6.61 Å². The molecule has 1 aromatic heterocycles. The smallest absolute Gasteiger partial charge is 0.192 e. The number of aromatic nitrogens is 1. The lowest BCUT2D eigenvalue weighted by molar-refractivity contribution is 0.363. The third-order valence-electron chi connectivity index (χ3n) is 1.83. The molecule has 0 aliphatic rings. The fraction of sp³-hybridized carbons (Fsp3) is 0.308. The van der Waals surface area contributed by atoms with E-state index in [1.807, 2.05) is 39.0 Å². The zero-order valence-electron chi connectivity index (χ0n) is 9.99. The maximum Gasteiger partial charge on any atom is 0.192 e. The molecule has 0 radical (unpaired) electrons. The van der Waals surface area contributed by atoms with Gasteiger partial charge in [-0.3, -0.25) is 0 Å². The van der Waals surface area contributed by atoms with E-state index in [9.17, 15) is 0 Å². The van der Waals surface area contributed by atoms with Crippen molar-refractivity contribution in [2.24, 2.45) is 0 Å². The number of ether oxygens (including phenoxy) is 1. The van der Waals surface area contributed by atoms with Gasteiger partial charge < -0.3 is 9.15 Å². The molecule has 0 saturated heterocycles. The fourth-order valence-corrected chi connectivity index (χ4v) is 1.27. The molecular formula is C13H17NO2. The maximum atomic E-state index is 5.37. The molecule has 2 aromatic rings. The Morgan fingerprint density at radius 3 is 2.88 bits per heavy atom. The van der Waals surface area contributed by atoms with Crippen LogP contribution in [0.3, 0.4) is 0 Å². The number of oxazole rings is 1. The van der Waals surface area contributed by atoms with Gasteiger partial charge in [0.15, 0.2) is 11.5 Å². The quantitative estimate of drug-likeness (QED) is 0.738. The Balaban J connectivity index is 0.000000606. The van der Waals surface area contributed by atoms with E-state index < -0.39 is 0 Å². The molecule has 0 saturated carbocycles. The first-order chi connectivity index (χ1) is 7.79. The lowest BCUT2D eigenvalue weighted by Crippen LogP contribution is -1.91. The molecule has 0 spiro atoms. The van der Waals surface area contributed by atoms with Crippen LogP contribution in [0.1, 0.15) is 19.7 Å². The summed E-state index contributed by atoms with van der Waals surface area (Å²) in [5.41, 5.74) is 1.61. The average molecular weight is 219 g/mol. The SMILES string of the molecule is C=CCOc1ccc2oc(C)nc2c1.CC. The molecule has 1 aromatic carbocycles. The van der Waals surface area contributed by atoms with Crippen molar-refractivity contribution in [3.8, 4) is 5.75 Å². The third kappa shape index (κ3) is 2.86. The zero-order valence-corrected chi connectivity index (χ0v) is 9.99. The molecule has 0 unspecified atom stereocenters. The van der Waals surface area contributed by atoms with Crippen LogP contribution in [0.5, 0.6) is 5.75 Å². The summed E-state index contributed by atoms with van der Waals surface area (Å²) in [6.07, 6.45) is 1.71. The largest absolute Gasteiger partial charge is 0.489 e. The van der Waals surface area contributed by atoms with Gasteiger partial charge in [-0.05, 0) is 12.1 Å². The van der Waals surface area contributed by atoms with Crippen molar-refractivity contribution >= 4 is 11.1 Å². The molecule has 16 heavy (non-hydrogen) atoms. The van der Waals surface area contributed by atoms with E-state index in [0.29, 0.717) is 12.5 Å². The Kier molecular flexibility index (Phi) is 4.58. The van der Waals surface area contributed by atoms with Crippen LogP contribution in [0, 0.1) is 6.92 Å². The van der Waals surface area contributed by atoms with E-state index in [2.05, 4.69) is 11.6 Å². The first kappa shape index (κ1) is 12.3. The highest BCUT2D eigenvalue weighted by atomic mass is 16.5. The van der Waals surface area contributed by atoms with E-state index in [0.717, 1.165) is 16.8 Å². The fourth-order valence-electron chi connectivity index (χ4n) is 1.27. The van der Waals surface area contributed by atoms with Crippen LogP contribution in [-0.4, -0.2) is 11.6 Å². The van der Waals surface area contributed by atoms with Crippen molar-refractivity contribution in [3.05, 3.63) is 36.7 Å². The lowest BCUT2D eigenvalue weighted by atomic mass is 10.3. The molecule has 0 N–H and O–H groups in total. The Morgan fingerprint density at radius 2 is 2.19 bits per heavy atom. The van der Waals surface area contributed by atoms with Gasteiger partial charge in [0.1, 0.15) is 17.9 Å². The van der Waals surface area contributed by atoms with Crippen LogP contribution >= 0.6 is 0 Å². The predicted molar refractivity (Wildman–Crippen MR) is 65.8 cm³/mol. The minimum absolute atomic E-state index is 0.502. The van der Waals surface area contributed by atoms with Crippen molar-refractivity contribution in [2.45, 2.75) is 20.8 Å². The molecule has 0 amide bonds. The van der Waals surface area contributed by atoms with Crippen molar-refractivity contribution in [1.29, 1.82) is 0 Å². The van der Waals surface area contributed by atoms with Crippen molar-refractivity contribution < 1.29 is 9.15 Å². The van der Waals surface area contributed by atoms with E-state index in [4.69, 9.17) is 9.15 Å². The third-order valence-corrected chi connectivity index (χ3v) is 1.83. The first-order valence-electron chi connectivity index (χ1n) is 5.40. The topological polar surface area (TPSA) is 35.3 Å². The van der Waals surface area contributed by atoms with Gasteiger partial charge in [0.05, 0.1) is 0 Å². The second kappa shape index (κ2) is 5.95. The van der Waals surface area contributed by atoms with Crippen LogP contribution in [0.15, 0.2) is 35.3 Å². The second-order valence-corrected chi connectivity index (χ2v) is 2.96. The summed E-state index contributed by atoms with van der Waals surface area (Å²) < 4.78 is 10.7. The molecule has 3 nitrogen and oxygen atoms in total. The second-order valence-electron chi connectivity index (χ2n) is 2.96. The van der Waals surface area contributed by atoms with Crippen LogP contribution in [0.4, 0.5) is 0 Å². The highest BCUT2D eigenvalue weighted by Crippen LogP contribution is 2.20. The van der Waals surface area contributed by atoms with Crippen LogP contribution in [0.2, 0.25) is 0 Å². The number of rotatable bonds is 3. The van der Waals surface area contributed by atoms with Gasteiger partial charge in [-0.25, -0.2) is 4.98 Å². The Bertz CT molecular complexity index is 460. The summed E-state index contributed by atoms with van der Waals surface area (Å²) in [6, 6.07) is 5.57. The summed E-state index contributed by atoms with van der Waals surface area (Å²) in [5.74, 6) is 1.45. The van der Waals surface area contributed by atoms with E-state index in [-0.39, 0.29) is 0 Å². The minimum Gasteiger partial charge on any atom is -0.489 e. The van der Waals surface area contributed by atoms with Gasteiger partial charge in [0.25, 0.3) is 0 Å². The van der Waals surface area contributed by atoms with Crippen molar-refractivity contribution in [3.63, 3.8) is 0 Å². The predicted octanol–water partition coefficient (Wildman–Crippen LogP) is 3.73. The molecule has 0 bridgehead atoms. The van der Waals surface area contributed by atoms with Gasteiger partial charge in [0, 0.05) is 13.0 Å². The van der Waals surface area contributed by atoms with E-state index in [1.54, 1.807) is 6.08 Å². The van der Waals surface area contributed by atoms with E-state index in [1.165, 1.54) is 0 Å². The number of benzene rings is 1. The maximum absolute atomic E-state index is 5.37. The number of fused-ring (bicyclic) bond motifs is 1. The Hall–Kier alpha value is -1.77. The minimum atomic E-state index is 0.502. The molecule has 0 aliphatic heterocycles. The average Bonchev–Trinajstić information content (AvgIpc) is 2.68. The van der Waals surface area contributed by atoms with Crippen molar-refractivity contribution in [1.82, 2.24) is 4.98 Å². The van der Waals surface area contributed by atoms with Gasteiger partial charge >= 0.3 is 0 Å². The number of hydrogen-bond donors (Lipinski definition) is 0. The summed E-state index contributed by atoms with van der Waals surface area (Å²) in [5, 5.41) is 0. The van der Waals surface area contributed by atoms with Gasteiger partial charge in [0.2, 0.25) is 0 Å². The van der Waals surface area contributed by atoms with Gasteiger partial charge in [-0.2, -0.15) is 0 Å². The van der Waals surface area contributed by atoms with Gasteiger partial charge in [-0.15, -0.1) is 0 Å². The summed E-state index contributed by atoms with van der Waals surface area (Å²) in [4.78, 5) is 4.21. The molecule has 0 aliphatic carbocycles. The Labute approximate surface area is 95.7 Å². The molecule has 2 rings (SSSR count). The summed E-state index contributed by atoms with van der Waals surface area (Å²) in [6.45, 7) is 9.91. The molecule has 3 heteroatoms. The molecule has 0 fully saturated rings. The highest BCUT2D eigenvalue weighted by Gasteiger charge is 2.02.